The van der Waals surface area contributed by atoms with Crippen molar-refractivity contribution in [2.24, 2.45) is 11.8 Å². The van der Waals surface area contributed by atoms with Crippen molar-refractivity contribution in [1.29, 1.82) is 0 Å². The smallest absolute Gasteiger partial charge is 0.306 e. The topological polar surface area (TPSA) is 84.9 Å². The number of esters is 2. The predicted molar refractivity (Wildman–Crippen MR) is 232 cm³/mol. The molecule has 0 spiro atoms. The molecule has 0 radical (unpaired) electrons. The summed E-state index contributed by atoms with van der Waals surface area (Å²) >= 11 is 0. The molecular formula is C42H56N2O5S4. The lowest BCUT2D eigenvalue weighted by Gasteiger charge is -2.41. The van der Waals surface area contributed by atoms with Crippen LogP contribution in [0.2, 0.25) is 0 Å². The normalized spacial score (nSPS) is 18.8. The Kier molecular flexibility index (Phi) is 23.1. The van der Waals surface area contributed by atoms with Crippen LogP contribution in [-0.4, -0.2) is 35.8 Å². The number of likely N-dealkylation sites (tertiary alicyclic amines) is 1. The average Bonchev–Trinajstić information content (AvgIpc) is 3.15. The van der Waals surface area contributed by atoms with Crippen LogP contribution in [0.5, 0.6) is 0 Å². The summed E-state index contributed by atoms with van der Waals surface area (Å²) in [5.41, 5.74) is 4.35. The molecule has 6 rings (SSSR count). The van der Waals surface area contributed by atoms with Gasteiger partial charge < -0.3 is 19.7 Å². The van der Waals surface area contributed by atoms with Gasteiger partial charge in [0.25, 0.3) is 0 Å². The SMILES string of the molecule is CC(=O)N1CCC[C@H](CC(=O)OCc2ccccc2)[C@@H]1c1ccccc1.O=C(C[C@H]1CCCN[C@H]1c1ccccc1)OCc1ccccc1.S.S.S.S. The highest BCUT2D eigenvalue weighted by atomic mass is 32.1. The molecule has 4 aromatic rings. The lowest BCUT2D eigenvalue weighted by Crippen LogP contribution is -2.42. The first-order valence-electron chi connectivity index (χ1n) is 17.5. The Bertz CT molecular complexity index is 1600. The molecule has 1 amide bonds. The zero-order valence-electron chi connectivity index (χ0n) is 30.4. The predicted octanol–water partition coefficient (Wildman–Crippen LogP) is 8.43. The maximum absolute atomic E-state index is 12.4. The third-order valence-corrected chi connectivity index (χ3v) is 9.39. The number of rotatable bonds is 10. The molecule has 0 unspecified atom stereocenters. The summed E-state index contributed by atoms with van der Waals surface area (Å²) in [7, 11) is 0. The van der Waals surface area contributed by atoms with Crippen LogP contribution in [0.3, 0.4) is 0 Å². The number of benzene rings is 4. The van der Waals surface area contributed by atoms with E-state index in [-0.39, 0.29) is 89.8 Å². The highest BCUT2D eigenvalue weighted by molar-refractivity contribution is 7.59. The van der Waals surface area contributed by atoms with E-state index in [2.05, 4.69) is 29.6 Å². The van der Waals surface area contributed by atoms with Gasteiger partial charge in [0.2, 0.25) is 5.91 Å². The number of hydrogen-bond acceptors (Lipinski definition) is 6. The minimum absolute atomic E-state index is 0. The highest BCUT2D eigenvalue weighted by Gasteiger charge is 2.35. The fraction of sp³-hybridized carbons (Fsp3) is 0.357. The minimum Gasteiger partial charge on any atom is -0.461 e. The molecule has 0 aliphatic carbocycles. The lowest BCUT2D eigenvalue weighted by atomic mass is 9.82. The van der Waals surface area contributed by atoms with Crippen molar-refractivity contribution in [3.05, 3.63) is 144 Å². The van der Waals surface area contributed by atoms with Gasteiger partial charge in [0, 0.05) is 19.5 Å². The van der Waals surface area contributed by atoms with Crippen LogP contribution in [0.1, 0.15) is 79.8 Å². The molecule has 4 atom stereocenters. The summed E-state index contributed by atoms with van der Waals surface area (Å²) < 4.78 is 10.9. The van der Waals surface area contributed by atoms with E-state index in [0.29, 0.717) is 32.0 Å². The summed E-state index contributed by atoms with van der Waals surface area (Å²) in [5, 5.41) is 3.56. The van der Waals surface area contributed by atoms with Crippen LogP contribution >= 0.6 is 54.0 Å². The van der Waals surface area contributed by atoms with E-state index in [0.717, 1.165) is 55.5 Å². The fourth-order valence-electron chi connectivity index (χ4n) is 6.99. The van der Waals surface area contributed by atoms with Gasteiger partial charge in [0.1, 0.15) is 13.2 Å². The fourth-order valence-corrected chi connectivity index (χ4v) is 6.99. The molecule has 11 heteroatoms. The van der Waals surface area contributed by atoms with Crippen molar-refractivity contribution in [1.82, 2.24) is 10.2 Å². The molecule has 1 N–H and O–H groups in total. The van der Waals surface area contributed by atoms with Gasteiger partial charge in [-0.15, -0.1) is 0 Å². The van der Waals surface area contributed by atoms with Crippen molar-refractivity contribution >= 4 is 71.8 Å². The number of piperidine rings is 2. The van der Waals surface area contributed by atoms with E-state index in [1.54, 1.807) is 6.92 Å². The summed E-state index contributed by atoms with van der Waals surface area (Å²) in [6.07, 6.45) is 4.81. The second-order valence-corrected chi connectivity index (χ2v) is 12.9. The number of nitrogens with one attached hydrogen (secondary N) is 1. The van der Waals surface area contributed by atoms with Gasteiger partial charge in [-0.25, -0.2) is 0 Å². The van der Waals surface area contributed by atoms with E-state index in [9.17, 15) is 14.4 Å². The van der Waals surface area contributed by atoms with E-state index in [4.69, 9.17) is 9.47 Å². The summed E-state index contributed by atoms with van der Waals surface area (Å²) in [6.45, 7) is 4.00. The highest BCUT2D eigenvalue weighted by Crippen LogP contribution is 2.38. The van der Waals surface area contributed by atoms with Crippen molar-refractivity contribution in [3.8, 4) is 0 Å². The zero-order chi connectivity index (χ0) is 34.3. The Balaban J connectivity index is 0.000000496. The van der Waals surface area contributed by atoms with Gasteiger partial charge in [0.15, 0.2) is 0 Å². The Morgan fingerprint density at radius 3 is 1.53 bits per heavy atom. The van der Waals surface area contributed by atoms with Crippen LogP contribution in [-0.2, 0) is 37.1 Å². The maximum atomic E-state index is 12.4. The van der Waals surface area contributed by atoms with Crippen LogP contribution in [0.4, 0.5) is 0 Å². The number of nitrogens with zero attached hydrogens (tertiary/aromatic N) is 1. The molecule has 2 aliphatic rings. The number of ether oxygens (including phenoxy) is 2. The van der Waals surface area contributed by atoms with Crippen molar-refractivity contribution in [2.75, 3.05) is 13.1 Å². The van der Waals surface area contributed by atoms with E-state index in [1.807, 2.05) is 102 Å². The van der Waals surface area contributed by atoms with E-state index >= 15 is 0 Å². The second kappa shape index (κ2) is 25.6. The van der Waals surface area contributed by atoms with Crippen molar-refractivity contribution in [2.45, 2.75) is 70.7 Å². The first-order chi connectivity index (χ1) is 24.0. The Morgan fingerprint density at radius 1 is 0.604 bits per heavy atom. The quantitative estimate of drug-likeness (QED) is 0.162. The molecule has 53 heavy (non-hydrogen) atoms. The van der Waals surface area contributed by atoms with Crippen molar-refractivity contribution < 1.29 is 23.9 Å². The number of carbonyl (C=O) groups is 3. The summed E-state index contributed by atoms with van der Waals surface area (Å²) in [6, 6.07) is 40.1. The molecule has 2 heterocycles. The molecule has 7 nitrogen and oxygen atoms in total. The van der Waals surface area contributed by atoms with E-state index in [1.165, 1.54) is 5.56 Å². The first kappa shape index (κ1) is 47.7. The molecule has 2 saturated heterocycles. The van der Waals surface area contributed by atoms with Crippen LogP contribution < -0.4 is 5.32 Å². The van der Waals surface area contributed by atoms with Crippen LogP contribution in [0.25, 0.3) is 0 Å². The van der Waals surface area contributed by atoms with Gasteiger partial charge in [-0.3, -0.25) is 14.4 Å². The Hall–Kier alpha value is -3.35. The number of carbonyl (C=O) groups excluding carboxylic acids is 3. The maximum Gasteiger partial charge on any atom is 0.306 e. The largest absolute Gasteiger partial charge is 0.461 e. The van der Waals surface area contributed by atoms with Gasteiger partial charge in [0.05, 0.1) is 18.9 Å². The third kappa shape index (κ3) is 15.1. The first-order valence-corrected chi connectivity index (χ1v) is 17.5. The monoisotopic (exact) mass is 796 g/mol. The van der Waals surface area contributed by atoms with Gasteiger partial charge in [-0.1, -0.05) is 121 Å². The second-order valence-electron chi connectivity index (χ2n) is 12.9. The summed E-state index contributed by atoms with van der Waals surface area (Å²) in [4.78, 5) is 38.7. The molecule has 2 fully saturated rings. The van der Waals surface area contributed by atoms with E-state index < -0.39 is 0 Å². The van der Waals surface area contributed by atoms with Gasteiger partial charge >= 0.3 is 11.9 Å². The van der Waals surface area contributed by atoms with Crippen LogP contribution in [0.15, 0.2) is 121 Å². The number of amides is 1. The van der Waals surface area contributed by atoms with Gasteiger partial charge in [-0.05, 0) is 66.3 Å². The van der Waals surface area contributed by atoms with Crippen LogP contribution in [0, 0.1) is 11.8 Å². The van der Waals surface area contributed by atoms with Crippen molar-refractivity contribution in [3.63, 3.8) is 0 Å². The Labute approximate surface area is 343 Å². The Morgan fingerprint density at radius 2 is 1.04 bits per heavy atom. The molecule has 288 valence electrons. The number of hydrogen-bond donors (Lipinski definition) is 1. The molecule has 0 saturated carbocycles. The third-order valence-electron chi connectivity index (χ3n) is 9.39. The minimum atomic E-state index is -0.204. The van der Waals surface area contributed by atoms with Gasteiger partial charge in [-0.2, -0.15) is 54.0 Å². The average molecular weight is 797 g/mol. The zero-order valence-corrected chi connectivity index (χ0v) is 34.4. The lowest BCUT2D eigenvalue weighted by molar-refractivity contribution is -0.149. The molecule has 4 aromatic carbocycles. The standard InChI is InChI=1S/C22H25NO3.C20H23NO2.4H2S/c1-17(24)23-14-8-13-20(22(23)19-11-6-3-7-12-19)15-21(25)26-16-18-9-4-2-5-10-18;22-19(23-15-16-8-3-1-4-9-16)14-18-12-7-13-21-20(18)17-10-5-2-6-11-17;;;;/h2-7,9-12,20,22H,8,13-16H2,1H3;1-6,8-11,18,20-21H,7,12-15H2;4*1H2/t20-,22+;18-,20+;;;;/m11..../s1. The molecule has 0 aromatic heterocycles. The molecule has 0 bridgehead atoms. The molecular weight excluding hydrogens is 741 g/mol. The summed E-state index contributed by atoms with van der Waals surface area (Å²) in [5.74, 6) is 0.127. The molecule has 2 aliphatic heterocycles.